The van der Waals surface area contributed by atoms with E-state index in [0.29, 0.717) is 11.8 Å². The molecule has 0 heterocycles. The average molecular weight is 240 g/mol. The highest BCUT2D eigenvalue weighted by atomic mass is 16.2. The van der Waals surface area contributed by atoms with Gasteiger partial charge in [-0.3, -0.25) is 4.79 Å². The molecule has 0 unspecified atom stereocenters. The van der Waals surface area contributed by atoms with Gasteiger partial charge in [-0.2, -0.15) is 0 Å². The van der Waals surface area contributed by atoms with E-state index >= 15 is 0 Å². The molecule has 0 atom stereocenters. The zero-order valence-electron chi connectivity index (χ0n) is 11.9. The molecule has 0 aromatic rings. The molecule has 0 N–H and O–H groups in total. The fraction of sp³-hybridized carbons (Fsp3) is 0.929. The van der Waals surface area contributed by atoms with Gasteiger partial charge in [0.15, 0.2) is 0 Å². The summed E-state index contributed by atoms with van der Waals surface area (Å²) in [6.45, 7) is 4.06. The van der Waals surface area contributed by atoms with Crippen molar-refractivity contribution in [3.05, 3.63) is 0 Å². The van der Waals surface area contributed by atoms with Crippen LogP contribution in [0.1, 0.15) is 39.0 Å². The zero-order chi connectivity index (χ0) is 12.8. The monoisotopic (exact) mass is 240 g/mol. The van der Waals surface area contributed by atoms with Crippen LogP contribution in [0.3, 0.4) is 0 Å². The number of carbonyl (C=O) groups is 1. The van der Waals surface area contributed by atoms with Gasteiger partial charge in [-0.25, -0.2) is 0 Å². The molecular weight excluding hydrogens is 212 g/mol. The summed E-state index contributed by atoms with van der Waals surface area (Å²) in [6.07, 6.45) is 5.97. The molecule has 0 saturated heterocycles. The molecule has 3 nitrogen and oxygen atoms in total. The number of hydrogen-bond acceptors (Lipinski definition) is 2. The maximum absolute atomic E-state index is 12.2. The predicted octanol–water partition coefficient (Wildman–Crippen LogP) is 2.22. The summed E-state index contributed by atoms with van der Waals surface area (Å²) in [5.74, 6) is 1.53. The van der Waals surface area contributed by atoms with Crippen molar-refractivity contribution in [2.24, 2.45) is 11.8 Å². The summed E-state index contributed by atoms with van der Waals surface area (Å²) in [5, 5.41) is 0. The van der Waals surface area contributed by atoms with Gasteiger partial charge in [-0.1, -0.05) is 13.3 Å². The molecule has 1 saturated carbocycles. The highest BCUT2D eigenvalue weighted by Crippen LogP contribution is 2.31. The minimum absolute atomic E-state index is 0.296. The minimum Gasteiger partial charge on any atom is -0.344 e. The van der Waals surface area contributed by atoms with Crippen LogP contribution in [0.4, 0.5) is 0 Å². The standard InChI is InChI=1S/C14H28N2O/c1-5-12-6-8-13(9-7-12)14(17)16(4)11-10-15(2)3/h12-13H,5-11H2,1-4H3. The van der Waals surface area contributed by atoms with Gasteiger partial charge in [0.25, 0.3) is 0 Å². The van der Waals surface area contributed by atoms with Crippen molar-refractivity contribution in [3.63, 3.8) is 0 Å². The Morgan fingerprint density at radius 2 is 1.65 bits per heavy atom. The highest BCUT2D eigenvalue weighted by molar-refractivity contribution is 5.78. The third kappa shape index (κ3) is 4.66. The summed E-state index contributed by atoms with van der Waals surface area (Å²) in [5.41, 5.74) is 0. The van der Waals surface area contributed by atoms with E-state index in [9.17, 15) is 4.79 Å². The van der Waals surface area contributed by atoms with Gasteiger partial charge < -0.3 is 9.80 Å². The van der Waals surface area contributed by atoms with Crippen LogP contribution in [-0.2, 0) is 4.79 Å². The normalized spacial score (nSPS) is 25.0. The maximum atomic E-state index is 12.2. The third-order valence-electron chi connectivity index (χ3n) is 4.03. The lowest BCUT2D eigenvalue weighted by atomic mass is 9.80. The van der Waals surface area contributed by atoms with E-state index in [2.05, 4.69) is 11.8 Å². The first-order valence-corrected chi connectivity index (χ1v) is 6.94. The lowest BCUT2D eigenvalue weighted by molar-refractivity contribution is -0.135. The first-order valence-electron chi connectivity index (χ1n) is 6.94. The van der Waals surface area contributed by atoms with E-state index in [1.165, 1.54) is 19.3 Å². The van der Waals surface area contributed by atoms with E-state index in [0.717, 1.165) is 31.8 Å². The van der Waals surface area contributed by atoms with Gasteiger partial charge in [0.05, 0.1) is 0 Å². The van der Waals surface area contributed by atoms with Crippen molar-refractivity contribution in [2.75, 3.05) is 34.2 Å². The molecule has 3 heteroatoms. The molecule has 0 spiro atoms. The predicted molar refractivity (Wildman–Crippen MR) is 71.9 cm³/mol. The summed E-state index contributed by atoms with van der Waals surface area (Å²) in [7, 11) is 6.04. The maximum Gasteiger partial charge on any atom is 0.225 e. The Bertz CT molecular complexity index is 232. The molecule has 0 radical (unpaired) electrons. The molecule has 0 bridgehead atoms. The van der Waals surface area contributed by atoms with Crippen molar-refractivity contribution < 1.29 is 4.79 Å². The average Bonchev–Trinajstić information content (AvgIpc) is 2.35. The molecule has 0 aromatic heterocycles. The van der Waals surface area contributed by atoms with Gasteiger partial charge in [0, 0.05) is 26.1 Å². The third-order valence-corrected chi connectivity index (χ3v) is 4.03. The number of nitrogens with zero attached hydrogens (tertiary/aromatic N) is 2. The van der Waals surface area contributed by atoms with Gasteiger partial charge >= 0.3 is 0 Å². The number of likely N-dealkylation sites (N-methyl/N-ethyl adjacent to an activating group) is 2. The molecule has 0 aliphatic heterocycles. The Hall–Kier alpha value is -0.570. The Balaban J connectivity index is 2.32. The second-order valence-corrected chi connectivity index (χ2v) is 5.69. The topological polar surface area (TPSA) is 23.6 Å². The van der Waals surface area contributed by atoms with Crippen LogP contribution >= 0.6 is 0 Å². The highest BCUT2D eigenvalue weighted by Gasteiger charge is 2.27. The number of amides is 1. The molecule has 17 heavy (non-hydrogen) atoms. The van der Waals surface area contributed by atoms with Crippen LogP contribution in [0.5, 0.6) is 0 Å². The van der Waals surface area contributed by atoms with Crippen molar-refractivity contribution in [1.82, 2.24) is 9.80 Å². The molecule has 1 fully saturated rings. The lowest BCUT2D eigenvalue weighted by Crippen LogP contribution is -2.38. The largest absolute Gasteiger partial charge is 0.344 e. The van der Waals surface area contributed by atoms with Crippen molar-refractivity contribution in [1.29, 1.82) is 0 Å². The molecule has 1 rings (SSSR count). The van der Waals surface area contributed by atoms with Crippen LogP contribution in [0.25, 0.3) is 0 Å². The first-order chi connectivity index (χ1) is 8.04. The second-order valence-electron chi connectivity index (χ2n) is 5.69. The van der Waals surface area contributed by atoms with Crippen LogP contribution in [-0.4, -0.2) is 49.9 Å². The van der Waals surface area contributed by atoms with Gasteiger partial charge in [-0.05, 0) is 45.7 Å². The van der Waals surface area contributed by atoms with E-state index in [1.807, 2.05) is 26.0 Å². The van der Waals surface area contributed by atoms with E-state index < -0.39 is 0 Å². The molecule has 1 aliphatic rings. The smallest absolute Gasteiger partial charge is 0.225 e. The SMILES string of the molecule is CCC1CCC(C(=O)N(C)CCN(C)C)CC1. The van der Waals surface area contributed by atoms with Gasteiger partial charge in [0.2, 0.25) is 5.91 Å². The molecule has 1 aliphatic carbocycles. The van der Waals surface area contributed by atoms with Crippen molar-refractivity contribution in [2.45, 2.75) is 39.0 Å². The lowest BCUT2D eigenvalue weighted by Gasteiger charge is -2.30. The Kier molecular flexibility index (Phi) is 5.96. The summed E-state index contributed by atoms with van der Waals surface area (Å²) >= 11 is 0. The fourth-order valence-corrected chi connectivity index (χ4v) is 2.59. The summed E-state index contributed by atoms with van der Waals surface area (Å²) in [4.78, 5) is 16.2. The number of carbonyl (C=O) groups excluding carboxylic acids is 1. The minimum atomic E-state index is 0.296. The van der Waals surface area contributed by atoms with Gasteiger partial charge in [0.1, 0.15) is 0 Å². The first kappa shape index (κ1) is 14.5. The van der Waals surface area contributed by atoms with Crippen molar-refractivity contribution in [3.8, 4) is 0 Å². The number of hydrogen-bond donors (Lipinski definition) is 0. The molecule has 100 valence electrons. The Labute approximate surface area is 106 Å². The van der Waals surface area contributed by atoms with Crippen LogP contribution in [0.2, 0.25) is 0 Å². The molecule has 1 amide bonds. The Morgan fingerprint density at radius 3 is 2.12 bits per heavy atom. The van der Waals surface area contributed by atoms with E-state index in [1.54, 1.807) is 0 Å². The van der Waals surface area contributed by atoms with Crippen LogP contribution < -0.4 is 0 Å². The molecule has 0 aromatic carbocycles. The van der Waals surface area contributed by atoms with Gasteiger partial charge in [-0.15, -0.1) is 0 Å². The van der Waals surface area contributed by atoms with Crippen LogP contribution in [0.15, 0.2) is 0 Å². The molecular formula is C14H28N2O. The van der Waals surface area contributed by atoms with Crippen molar-refractivity contribution >= 4 is 5.91 Å². The summed E-state index contributed by atoms with van der Waals surface area (Å²) < 4.78 is 0. The fourth-order valence-electron chi connectivity index (χ4n) is 2.59. The summed E-state index contributed by atoms with van der Waals surface area (Å²) in [6, 6.07) is 0. The Morgan fingerprint density at radius 1 is 1.06 bits per heavy atom. The van der Waals surface area contributed by atoms with E-state index in [4.69, 9.17) is 0 Å². The van der Waals surface area contributed by atoms with Crippen LogP contribution in [0, 0.1) is 11.8 Å². The number of rotatable bonds is 5. The zero-order valence-corrected chi connectivity index (χ0v) is 11.9. The quantitative estimate of drug-likeness (QED) is 0.735. The van der Waals surface area contributed by atoms with E-state index in [-0.39, 0.29) is 0 Å². The second kappa shape index (κ2) is 7.00.